The predicted octanol–water partition coefficient (Wildman–Crippen LogP) is 1.12. The maximum absolute atomic E-state index is 9.54. The molecule has 0 saturated heterocycles. The van der Waals surface area contributed by atoms with Crippen molar-refractivity contribution < 1.29 is 0 Å². The minimum atomic E-state index is 0.696. The molecular formula is C17H10BrN. The Bertz CT molecular complexity index is 946. The second-order valence-electron chi connectivity index (χ2n) is 4.40. The Morgan fingerprint density at radius 3 is 2.47 bits per heavy atom. The Morgan fingerprint density at radius 1 is 1.00 bits per heavy atom. The van der Waals surface area contributed by atoms with Crippen molar-refractivity contribution in [1.82, 2.24) is 0 Å². The average molecular weight is 308 g/mol. The number of nitriles is 1. The fourth-order valence-corrected chi connectivity index (χ4v) is 2.96. The van der Waals surface area contributed by atoms with E-state index in [1.165, 1.54) is 0 Å². The Hall–Kier alpha value is -2.11. The molecule has 0 spiro atoms. The van der Waals surface area contributed by atoms with Crippen molar-refractivity contribution in [3.8, 4) is 6.07 Å². The van der Waals surface area contributed by atoms with E-state index in [4.69, 9.17) is 0 Å². The lowest BCUT2D eigenvalue weighted by Crippen LogP contribution is -2.29. The highest BCUT2D eigenvalue weighted by molar-refractivity contribution is 9.15. The van der Waals surface area contributed by atoms with Gasteiger partial charge in [-0.25, -0.2) is 0 Å². The van der Waals surface area contributed by atoms with Crippen LogP contribution in [0.25, 0.3) is 22.7 Å². The zero-order valence-electron chi connectivity index (χ0n) is 10.2. The zero-order chi connectivity index (χ0) is 13.4. The molecule has 0 radical (unpaired) electrons. The van der Waals surface area contributed by atoms with Gasteiger partial charge in [-0.1, -0.05) is 65.0 Å². The van der Waals surface area contributed by atoms with Crippen LogP contribution in [0.2, 0.25) is 0 Å². The maximum atomic E-state index is 9.54. The molecule has 2 aromatic rings. The zero-order valence-corrected chi connectivity index (χ0v) is 11.7. The number of halogens is 1. The molecule has 1 aliphatic carbocycles. The molecular weight excluding hydrogens is 298 g/mol. The summed E-state index contributed by atoms with van der Waals surface area (Å²) in [5.41, 5.74) is 1.64. The summed E-state index contributed by atoms with van der Waals surface area (Å²) in [5, 5.41) is 13.5. The second kappa shape index (κ2) is 4.53. The van der Waals surface area contributed by atoms with Crippen LogP contribution < -0.4 is 20.9 Å². The highest BCUT2D eigenvalue weighted by Gasteiger charge is 2.09. The first-order valence-corrected chi connectivity index (χ1v) is 6.71. The third-order valence-corrected chi connectivity index (χ3v) is 3.96. The van der Waals surface area contributed by atoms with Gasteiger partial charge in [0.05, 0.1) is 5.57 Å². The van der Waals surface area contributed by atoms with E-state index in [0.717, 1.165) is 30.9 Å². The molecule has 1 nitrogen and oxygen atoms in total. The molecule has 0 amide bonds. The number of nitrogens with zero attached hydrogens (tertiary/aromatic N) is 1. The Kier molecular flexibility index (Phi) is 2.85. The monoisotopic (exact) mass is 307 g/mol. The fourth-order valence-electron chi connectivity index (χ4n) is 2.38. The van der Waals surface area contributed by atoms with Crippen LogP contribution in [0, 0.1) is 11.3 Å². The number of benzene rings is 2. The smallest absolute Gasteiger partial charge is 0.100 e. The van der Waals surface area contributed by atoms with Crippen LogP contribution in [-0.2, 0) is 0 Å². The molecule has 0 unspecified atom stereocenters. The van der Waals surface area contributed by atoms with E-state index in [2.05, 4.69) is 28.6 Å². The quantitative estimate of drug-likeness (QED) is 0.715. The van der Waals surface area contributed by atoms with Gasteiger partial charge in [0.1, 0.15) is 6.07 Å². The second-order valence-corrected chi connectivity index (χ2v) is 5.26. The van der Waals surface area contributed by atoms with Crippen molar-refractivity contribution in [3.63, 3.8) is 0 Å². The topological polar surface area (TPSA) is 23.8 Å². The van der Waals surface area contributed by atoms with E-state index in [1.54, 1.807) is 0 Å². The molecule has 0 bridgehead atoms. The van der Waals surface area contributed by atoms with Crippen molar-refractivity contribution in [2.75, 3.05) is 0 Å². The molecule has 0 atom stereocenters. The van der Waals surface area contributed by atoms with E-state index in [-0.39, 0.29) is 0 Å². The minimum absolute atomic E-state index is 0.696. The van der Waals surface area contributed by atoms with Crippen LogP contribution >= 0.6 is 15.9 Å². The first-order valence-electron chi connectivity index (χ1n) is 5.91. The predicted molar refractivity (Wildman–Crippen MR) is 81.8 cm³/mol. The van der Waals surface area contributed by atoms with Gasteiger partial charge in [0.25, 0.3) is 0 Å². The fraction of sp³-hybridized carbons (Fsp3) is 0. The summed E-state index contributed by atoms with van der Waals surface area (Å²) in [6.07, 6.45) is 2.04. The molecule has 0 heterocycles. The lowest BCUT2D eigenvalue weighted by Gasteiger charge is -2.00. The van der Waals surface area contributed by atoms with Crippen molar-refractivity contribution in [1.29, 1.82) is 5.26 Å². The molecule has 0 aliphatic heterocycles. The number of fused-ring (bicyclic) bond motifs is 2. The summed E-state index contributed by atoms with van der Waals surface area (Å²) in [7, 11) is 0. The third kappa shape index (κ3) is 1.83. The number of hydrogen-bond donors (Lipinski definition) is 0. The van der Waals surface area contributed by atoms with E-state index in [0.29, 0.717) is 5.57 Å². The Morgan fingerprint density at radius 2 is 1.74 bits per heavy atom. The van der Waals surface area contributed by atoms with E-state index in [9.17, 15) is 5.26 Å². The van der Waals surface area contributed by atoms with Crippen LogP contribution in [0.15, 0.2) is 42.5 Å². The van der Waals surface area contributed by atoms with Gasteiger partial charge >= 0.3 is 0 Å². The summed E-state index contributed by atoms with van der Waals surface area (Å²) < 4.78 is 0.978. The van der Waals surface area contributed by atoms with Gasteiger partial charge in [-0.2, -0.15) is 5.26 Å². The SMILES string of the molecule is C=c1cccc2c1=CC(Br)=c1ccccc1=C2C#N. The standard InChI is InChI=1S/C17H10BrN/c1-11-5-4-8-13-15(11)9-17(18)14-7-3-2-6-12(14)16(13)10-19/h2-9H,1H2. The van der Waals surface area contributed by atoms with Crippen LogP contribution in [0.1, 0.15) is 5.56 Å². The normalized spacial score (nSPS) is 12.8. The molecule has 2 heteroatoms. The number of rotatable bonds is 0. The molecule has 2 aromatic carbocycles. The summed E-state index contributed by atoms with van der Waals surface area (Å²) in [4.78, 5) is 0. The lowest BCUT2D eigenvalue weighted by molar-refractivity contribution is 1.43. The van der Waals surface area contributed by atoms with Gasteiger partial charge in [-0.15, -0.1) is 0 Å². The van der Waals surface area contributed by atoms with Crippen molar-refractivity contribution in [2.45, 2.75) is 0 Å². The first-order chi connectivity index (χ1) is 9.22. The van der Waals surface area contributed by atoms with Gasteiger partial charge in [-0.05, 0) is 21.7 Å². The highest BCUT2D eigenvalue weighted by atomic mass is 79.9. The summed E-state index contributed by atoms with van der Waals surface area (Å²) in [5.74, 6) is 0. The largest absolute Gasteiger partial charge is 0.192 e. The Balaban J connectivity index is 2.72. The van der Waals surface area contributed by atoms with Crippen LogP contribution in [0.3, 0.4) is 0 Å². The van der Waals surface area contributed by atoms with Crippen molar-refractivity contribution in [2.24, 2.45) is 0 Å². The summed E-state index contributed by atoms with van der Waals surface area (Å²) >= 11 is 3.61. The van der Waals surface area contributed by atoms with Crippen molar-refractivity contribution >= 4 is 38.6 Å². The summed E-state index contributed by atoms with van der Waals surface area (Å²) in [6.45, 7) is 4.05. The molecule has 0 fully saturated rings. The van der Waals surface area contributed by atoms with Gasteiger partial charge in [0.15, 0.2) is 0 Å². The van der Waals surface area contributed by atoms with Gasteiger partial charge in [0.2, 0.25) is 0 Å². The molecule has 1 aliphatic rings. The van der Waals surface area contributed by atoms with Gasteiger partial charge in [0, 0.05) is 15.3 Å². The van der Waals surface area contributed by atoms with Gasteiger partial charge in [-0.3, -0.25) is 0 Å². The average Bonchev–Trinajstić information content (AvgIpc) is 2.55. The van der Waals surface area contributed by atoms with Crippen LogP contribution in [-0.4, -0.2) is 0 Å². The first kappa shape index (κ1) is 12.0. The van der Waals surface area contributed by atoms with Crippen molar-refractivity contribution in [3.05, 3.63) is 68.9 Å². The molecule has 90 valence electrons. The molecule has 0 N–H and O–H groups in total. The Labute approximate surface area is 119 Å². The lowest BCUT2D eigenvalue weighted by atomic mass is 10.0. The van der Waals surface area contributed by atoms with Gasteiger partial charge < -0.3 is 0 Å². The molecule has 3 rings (SSSR count). The molecule has 0 aromatic heterocycles. The number of hydrogen-bond acceptors (Lipinski definition) is 1. The maximum Gasteiger partial charge on any atom is 0.100 e. The van der Waals surface area contributed by atoms with E-state index >= 15 is 0 Å². The third-order valence-electron chi connectivity index (χ3n) is 3.30. The highest BCUT2D eigenvalue weighted by Crippen LogP contribution is 2.10. The van der Waals surface area contributed by atoms with E-state index < -0.39 is 0 Å². The van der Waals surface area contributed by atoms with E-state index in [1.807, 2.05) is 48.5 Å². The summed E-state index contributed by atoms with van der Waals surface area (Å²) in [6, 6.07) is 16.1. The minimum Gasteiger partial charge on any atom is -0.192 e. The molecule has 19 heavy (non-hydrogen) atoms. The van der Waals surface area contributed by atoms with Crippen LogP contribution in [0.4, 0.5) is 0 Å². The van der Waals surface area contributed by atoms with Crippen LogP contribution in [0.5, 0.6) is 0 Å². The molecule has 0 saturated carbocycles.